The molecule has 4 rings (SSSR count). The molecule has 28 heavy (non-hydrogen) atoms. The van der Waals surface area contributed by atoms with E-state index in [1.54, 1.807) is 18.3 Å². The maximum Gasteiger partial charge on any atom is 0.240 e. The quantitative estimate of drug-likeness (QED) is 0.703. The molecule has 3 aromatic rings. The Bertz CT molecular complexity index is 947. The molecule has 1 fully saturated rings. The fraction of sp³-hybridized carbons (Fsp3) is 0.286. The number of carbonyl (C=O) groups excluding carboxylic acids is 1. The smallest absolute Gasteiger partial charge is 0.240 e. The zero-order valence-corrected chi connectivity index (χ0v) is 16.2. The Hall–Kier alpha value is -2.64. The highest BCUT2D eigenvalue weighted by atomic mass is 32.1. The number of likely N-dealkylation sites (tertiary alicyclic amines) is 1. The molecular weight excluding hydrogens is 375 g/mol. The lowest BCUT2D eigenvalue weighted by atomic mass is 9.94. The Labute approximate surface area is 167 Å². The molecule has 0 aliphatic carbocycles. The third-order valence-electron chi connectivity index (χ3n) is 4.89. The van der Waals surface area contributed by atoms with Crippen molar-refractivity contribution in [3.63, 3.8) is 0 Å². The minimum atomic E-state index is -0.267. The van der Waals surface area contributed by atoms with Crippen LogP contribution < -0.4 is 5.32 Å². The minimum Gasteiger partial charge on any atom is -0.301 e. The predicted octanol–water partition coefficient (Wildman–Crippen LogP) is 4.16. The topological polar surface area (TPSA) is 58.1 Å². The average molecular weight is 396 g/mol. The zero-order chi connectivity index (χ0) is 19.3. The molecule has 1 aromatic carbocycles. The molecule has 0 saturated carbocycles. The van der Waals surface area contributed by atoms with Gasteiger partial charge >= 0.3 is 0 Å². The standard InChI is InChI=1S/C21H21FN4OS/c22-17-7-2-1-6-16(17)19-9-3-8-18(24-19)15-5-4-11-26(13-15)14-20(27)25-21-23-10-12-28-21/h1-3,6-10,12,15H,4-5,11,13-14H2,(H,23,25,27)/t15-/m1/s1. The molecule has 1 N–H and O–H groups in total. The van der Waals surface area contributed by atoms with Crippen LogP contribution >= 0.6 is 11.3 Å². The Morgan fingerprint density at radius 2 is 2.14 bits per heavy atom. The van der Waals surface area contributed by atoms with Crippen molar-refractivity contribution in [2.75, 3.05) is 25.0 Å². The number of amides is 1. The van der Waals surface area contributed by atoms with Gasteiger partial charge in [-0.1, -0.05) is 18.2 Å². The molecule has 0 unspecified atom stereocenters. The maximum atomic E-state index is 14.1. The van der Waals surface area contributed by atoms with Gasteiger partial charge < -0.3 is 5.32 Å². The number of piperidine rings is 1. The summed E-state index contributed by atoms with van der Waals surface area (Å²) in [5, 5.41) is 5.29. The SMILES string of the molecule is O=C(CN1CCC[C@@H](c2cccc(-c3ccccc3F)n2)C1)Nc1nccs1. The number of anilines is 1. The molecule has 0 radical (unpaired) electrons. The number of pyridine rings is 1. The molecule has 2 aromatic heterocycles. The maximum absolute atomic E-state index is 14.1. The van der Waals surface area contributed by atoms with Crippen LogP contribution in [0, 0.1) is 5.82 Å². The summed E-state index contributed by atoms with van der Waals surface area (Å²) in [6, 6.07) is 12.5. The molecule has 5 nitrogen and oxygen atoms in total. The number of halogens is 1. The lowest BCUT2D eigenvalue weighted by molar-refractivity contribution is -0.117. The van der Waals surface area contributed by atoms with Crippen molar-refractivity contribution in [1.29, 1.82) is 0 Å². The first-order valence-corrected chi connectivity index (χ1v) is 10.2. The predicted molar refractivity (Wildman–Crippen MR) is 109 cm³/mol. The third kappa shape index (κ3) is 4.43. The monoisotopic (exact) mass is 396 g/mol. The molecule has 7 heteroatoms. The van der Waals surface area contributed by atoms with Crippen LogP contribution in [0.15, 0.2) is 54.0 Å². The molecule has 1 amide bonds. The van der Waals surface area contributed by atoms with Gasteiger partial charge in [0.1, 0.15) is 5.82 Å². The summed E-state index contributed by atoms with van der Waals surface area (Å²) in [5.74, 6) is -0.0897. The lowest BCUT2D eigenvalue weighted by Crippen LogP contribution is -2.40. The lowest BCUT2D eigenvalue weighted by Gasteiger charge is -2.32. The first-order valence-electron chi connectivity index (χ1n) is 9.32. The molecule has 1 saturated heterocycles. The Balaban J connectivity index is 1.44. The summed E-state index contributed by atoms with van der Waals surface area (Å²) in [4.78, 5) is 23.2. The molecule has 1 aliphatic heterocycles. The number of aromatic nitrogens is 2. The van der Waals surface area contributed by atoms with Gasteiger partial charge in [0.15, 0.2) is 5.13 Å². The van der Waals surface area contributed by atoms with Crippen molar-refractivity contribution < 1.29 is 9.18 Å². The van der Waals surface area contributed by atoms with Crippen LogP contribution in [0.1, 0.15) is 24.5 Å². The van der Waals surface area contributed by atoms with Crippen molar-refractivity contribution in [2.24, 2.45) is 0 Å². The van der Waals surface area contributed by atoms with E-state index in [4.69, 9.17) is 4.98 Å². The fourth-order valence-corrected chi connectivity index (χ4v) is 4.13. The van der Waals surface area contributed by atoms with E-state index in [0.29, 0.717) is 22.9 Å². The van der Waals surface area contributed by atoms with Gasteiger partial charge in [0, 0.05) is 35.3 Å². The second-order valence-electron chi connectivity index (χ2n) is 6.89. The van der Waals surface area contributed by atoms with Gasteiger partial charge in [-0.3, -0.25) is 14.7 Å². The van der Waals surface area contributed by atoms with E-state index in [-0.39, 0.29) is 17.6 Å². The first kappa shape index (κ1) is 18.7. The summed E-state index contributed by atoms with van der Waals surface area (Å²) in [5.41, 5.74) is 2.11. The van der Waals surface area contributed by atoms with Crippen LogP contribution in [-0.2, 0) is 4.79 Å². The van der Waals surface area contributed by atoms with Crippen molar-refractivity contribution >= 4 is 22.4 Å². The van der Waals surface area contributed by atoms with E-state index in [1.807, 2.05) is 29.6 Å². The van der Waals surface area contributed by atoms with Crippen LogP contribution in [0.25, 0.3) is 11.3 Å². The normalized spacial score (nSPS) is 17.4. The summed E-state index contributed by atoms with van der Waals surface area (Å²) >= 11 is 1.41. The first-order chi connectivity index (χ1) is 13.7. The van der Waals surface area contributed by atoms with Crippen molar-refractivity contribution in [1.82, 2.24) is 14.9 Å². The molecular formula is C21H21FN4OS. The minimum absolute atomic E-state index is 0.0522. The zero-order valence-electron chi connectivity index (χ0n) is 15.3. The second-order valence-corrected chi connectivity index (χ2v) is 7.78. The van der Waals surface area contributed by atoms with Crippen molar-refractivity contribution in [3.8, 4) is 11.3 Å². The van der Waals surface area contributed by atoms with Gasteiger partial charge in [0.25, 0.3) is 0 Å². The molecule has 144 valence electrons. The summed E-state index contributed by atoms with van der Waals surface area (Å²) < 4.78 is 14.1. The van der Waals surface area contributed by atoms with E-state index in [1.165, 1.54) is 17.4 Å². The highest BCUT2D eigenvalue weighted by molar-refractivity contribution is 7.13. The van der Waals surface area contributed by atoms with Crippen LogP contribution in [0.3, 0.4) is 0 Å². The third-order valence-corrected chi connectivity index (χ3v) is 5.58. The molecule has 3 heterocycles. The highest BCUT2D eigenvalue weighted by Crippen LogP contribution is 2.28. The summed E-state index contributed by atoms with van der Waals surface area (Å²) in [7, 11) is 0. The van der Waals surface area contributed by atoms with Crippen LogP contribution in [0.4, 0.5) is 9.52 Å². The van der Waals surface area contributed by atoms with E-state index in [9.17, 15) is 9.18 Å². The van der Waals surface area contributed by atoms with E-state index in [0.717, 1.165) is 31.6 Å². The van der Waals surface area contributed by atoms with E-state index in [2.05, 4.69) is 15.2 Å². The Kier molecular flexibility index (Phi) is 5.73. The Morgan fingerprint density at radius 1 is 1.25 bits per heavy atom. The average Bonchev–Trinajstić information content (AvgIpc) is 3.21. The van der Waals surface area contributed by atoms with Gasteiger partial charge in [-0.05, 0) is 43.7 Å². The number of nitrogens with zero attached hydrogens (tertiary/aromatic N) is 3. The van der Waals surface area contributed by atoms with Crippen molar-refractivity contribution in [2.45, 2.75) is 18.8 Å². The number of hydrogen-bond donors (Lipinski definition) is 1. The Morgan fingerprint density at radius 3 is 2.96 bits per heavy atom. The molecule has 0 spiro atoms. The number of rotatable bonds is 5. The summed E-state index contributed by atoms with van der Waals surface area (Å²) in [6.45, 7) is 1.98. The van der Waals surface area contributed by atoms with Gasteiger partial charge in [-0.15, -0.1) is 11.3 Å². The molecule has 0 bridgehead atoms. The summed E-state index contributed by atoms with van der Waals surface area (Å²) in [6.07, 6.45) is 3.69. The van der Waals surface area contributed by atoms with Gasteiger partial charge in [0.05, 0.1) is 12.2 Å². The largest absolute Gasteiger partial charge is 0.301 e. The number of benzene rings is 1. The number of thiazole rings is 1. The number of hydrogen-bond acceptors (Lipinski definition) is 5. The van der Waals surface area contributed by atoms with Crippen molar-refractivity contribution in [3.05, 3.63) is 65.6 Å². The number of nitrogens with one attached hydrogen (secondary N) is 1. The highest BCUT2D eigenvalue weighted by Gasteiger charge is 2.24. The van der Waals surface area contributed by atoms with Gasteiger partial charge in [-0.25, -0.2) is 9.37 Å². The van der Waals surface area contributed by atoms with Gasteiger partial charge in [-0.2, -0.15) is 0 Å². The molecule has 1 aliphatic rings. The van der Waals surface area contributed by atoms with E-state index >= 15 is 0 Å². The van der Waals surface area contributed by atoms with Gasteiger partial charge in [0.2, 0.25) is 5.91 Å². The molecule has 1 atom stereocenters. The van der Waals surface area contributed by atoms with Crippen LogP contribution in [0.5, 0.6) is 0 Å². The fourth-order valence-electron chi connectivity index (χ4n) is 3.59. The second kappa shape index (κ2) is 8.58. The van der Waals surface area contributed by atoms with E-state index < -0.39 is 0 Å². The van der Waals surface area contributed by atoms with Crippen LogP contribution in [-0.4, -0.2) is 40.4 Å². The van der Waals surface area contributed by atoms with Crippen LogP contribution in [0.2, 0.25) is 0 Å². The number of carbonyl (C=O) groups is 1.